The van der Waals surface area contributed by atoms with E-state index in [4.69, 9.17) is 0 Å². The minimum Gasteiger partial charge on any atom is -0.370 e. The zero-order valence-electron chi connectivity index (χ0n) is 11.9. The molecule has 1 aromatic carbocycles. The summed E-state index contributed by atoms with van der Waals surface area (Å²) < 4.78 is 13.2. The molecule has 0 aromatic heterocycles. The van der Waals surface area contributed by atoms with Crippen LogP contribution >= 0.6 is 12.4 Å². The molecule has 0 aliphatic heterocycles. The summed E-state index contributed by atoms with van der Waals surface area (Å²) >= 11 is 0. The number of hydrogen-bond donors (Lipinski definition) is 0. The minimum atomic E-state index is -0.170. The Bertz CT molecular complexity index is 454. The molecule has 0 radical (unpaired) electrons. The molecule has 19 heavy (non-hydrogen) atoms. The molecule has 1 aliphatic carbocycles. The maximum atomic E-state index is 13.2. The van der Waals surface area contributed by atoms with Crippen molar-refractivity contribution in [2.45, 2.75) is 33.1 Å². The van der Waals surface area contributed by atoms with Crippen molar-refractivity contribution >= 4 is 18.1 Å². The van der Waals surface area contributed by atoms with Crippen molar-refractivity contribution < 1.29 is 4.39 Å². The number of allylic oxidation sites excluding steroid dienone is 1. The molecular formula is C16H23ClFN. The van der Waals surface area contributed by atoms with Gasteiger partial charge in [0.15, 0.2) is 0 Å². The average Bonchev–Trinajstić information content (AvgIpc) is 2.31. The molecule has 2 rings (SSSR count). The quantitative estimate of drug-likeness (QED) is 0.719. The average molecular weight is 284 g/mol. The van der Waals surface area contributed by atoms with Crippen LogP contribution in [0.3, 0.4) is 0 Å². The Morgan fingerprint density at radius 1 is 1.32 bits per heavy atom. The van der Waals surface area contributed by atoms with E-state index >= 15 is 0 Å². The highest BCUT2D eigenvalue weighted by atomic mass is 35.5. The first-order valence-electron chi connectivity index (χ1n) is 6.65. The first-order valence-corrected chi connectivity index (χ1v) is 6.65. The number of likely N-dealkylation sites (N-methyl/N-ethyl adjacent to an activating group) is 1. The van der Waals surface area contributed by atoms with Crippen LogP contribution in [0.1, 0.15) is 33.1 Å². The molecule has 3 heteroatoms. The summed E-state index contributed by atoms with van der Waals surface area (Å²) in [5.41, 5.74) is 2.69. The Balaban J connectivity index is 0.00000180. The lowest BCUT2D eigenvalue weighted by Gasteiger charge is -2.35. The molecular weight excluding hydrogens is 261 g/mol. The minimum absolute atomic E-state index is 0. The van der Waals surface area contributed by atoms with Gasteiger partial charge in [-0.25, -0.2) is 4.39 Å². The largest absolute Gasteiger partial charge is 0.370 e. The van der Waals surface area contributed by atoms with E-state index < -0.39 is 0 Å². The SMILES string of the molecule is CN(CC1=CCCCC1(C)C)c1cccc(F)c1.Cl. The maximum Gasteiger partial charge on any atom is 0.125 e. The lowest BCUT2D eigenvalue weighted by molar-refractivity contribution is 0.369. The van der Waals surface area contributed by atoms with Crippen LogP contribution in [-0.2, 0) is 0 Å². The van der Waals surface area contributed by atoms with Gasteiger partial charge >= 0.3 is 0 Å². The van der Waals surface area contributed by atoms with Gasteiger partial charge in [0.25, 0.3) is 0 Å². The normalized spacial score (nSPS) is 17.4. The standard InChI is InChI=1S/C16H22FN.ClH/c1-16(2)10-5-4-7-13(16)12-18(3)15-9-6-8-14(17)11-15;/h6-9,11H,4-5,10,12H2,1-3H3;1H. The molecule has 0 bridgehead atoms. The second-order valence-electron chi connectivity index (χ2n) is 5.84. The Morgan fingerprint density at radius 2 is 2.05 bits per heavy atom. The van der Waals surface area contributed by atoms with E-state index in [-0.39, 0.29) is 23.6 Å². The van der Waals surface area contributed by atoms with Crippen molar-refractivity contribution in [3.8, 4) is 0 Å². The second-order valence-corrected chi connectivity index (χ2v) is 5.84. The highest BCUT2D eigenvalue weighted by Crippen LogP contribution is 2.37. The molecule has 0 spiro atoms. The molecule has 0 heterocycles. The maximum absolute atomic E-state index is 13.2. The molecule has 0 saturated carbocycles. The predicted octanol–water partition coefficient (Wildman–Crippen LogP) is 4.82. The molecule has 0 amide bonds. The van der Waals surface area contributed by atoms with Crippen LogP contribution in [0.25, 0.3) is 0 Å². The molecule has 0 atom stereocenters. The van der Waals surface area contributed by atoms with Gasteiger partial charge < -0.3 is 4.90 Å². The summed E-state index contributed by atoms with van der Waals surface area (Å²) in [5, 5.41) is 0. The monoisotopic (exact) mass is 283 g/mol. The van der Waals surface area contributed by atoms with Crippen LogP contribution in [0.4, 0.5) is 10.1 Å². The van der Waals surface area contributed by atoms with Crippen LogP contribution in [-0.4, -0.2) is 13.6 Å². The molecule has 0 N–H and O–H groups in total. The molecule has 0 unspecified atom stereocenters. The third kappa shape index (κ3) is 3.97. The van der Waals surface area contributed by atoms with Crippen molar-refractivity contribution in [2.24, 2.45) is 5.41 Å². The fourth-order valence-electron chi connectivity index (χ4n) is 2.60. The Morgan fingerprint density at radius 3 is 2.68 bits per heavy atom. The fourth-order valence-corrected chi connectivity index (χ4v) is 2.60. The lowest BCUT2D eigenvalue weighted by atomic mass is 9.75. The Hall–Kier alpha value is -1.02. The smallest absolute Gasteiger partial charge is 0.125 e. The van der Waals surface area contributed by atoms with E-state index in [1.807, 2.05) is 13.1 Å². The van der Waals surface area contributed by atoms with E-state index in [0.717, 1.165) is 12.2 Å². The zero-order valence-corrected chi connectivity index (χ0v) is 12.8. The molecule has 0 saturated heterocycles. The van der Waals surface area contributed by atoms with E-state index in [1.54, 1.807) is 12.1 Å². The van der Waals surface area contributed by atoms with Crippen molar-refractivity contribution in [2.75, 3.05) is 18.5 Å². The van der Waals surface area contributed by atoms with Crippen molar-refractivity contribution in [1.82, 2.24) is 0 Å². The Labute approximate surface area is 121 Å². The molecule has 0 fully saturated rings. The van der Waals surface area contributed by atoms with Gasteiger partial charge in [0.2, 0.25) is 0 Å². The summed E-state index contributed by atoms with van der Waals surface area (Å²) in [6, 6.07) is 6.80. The first kappa shape index (κ1) is 16.0. The van der Waals surface area contributed by atoms with Gasteiger partial charge in [0.05, 0.1) is 0 Å². The number of nitrogens with zero attached hydrogens (tertiary/aromatic N) is 1. The summed E-state index contributed by atoms with van der Waals surface area (Å²) in [5.74, 6) is -0.170. The van der Waals surface area contributed by atoms with Crippen LogP contribution in [0, 0.1) is 11.2 Å². The van der Waals surface area contributed by atoms with E-state index in [9.17, 15) is 4.39 Å². The van der Waals surface area contributed by atoms with Gasteiger partial charge in [0.1, 0.15) is 5.82 Å². The number of rotatable bonds is 3. The van der Waals surface area contributed by atoms with Crippen LogP contribution in [0.2, 0.25) is 0 Å². The molecule has 106 valence electrons. The van der Waals surface area contributed by atoms with E-state index in [2.05, 4.69) is 24.8 Å². The number of anilines is 1. The van der Waals surface area contributed by atoms with Gasteiger partial charge in [-0.3, -0.25) is 0 Å². The second kappa shape index (κ2) is 6.42. The molecule has 1 aromatic rings. The first-order chi connectivity index (χ1) is 8.49. The van der Waals surface area contributed by atoms with Crippen LogP contribution < -0.4 is 4.90 Å². The molecule has 1 aliphatic rings. The van der Waals surface area contributed by atoms with Crippen molar-refractivity contribution in [1.29, 1.82) is 0 Å². The number of hydrogen-bond acceptors (Lipinski definition) is 1. The van der Waals surface area contributed by atoms with Gasteiger partial charge in [-0.2, -0.15) is 0 Å². The third-order valence-electron chi connectivity index (χ3n) is 3.92. The highest BCUT2D eigenvalue weighted by Gasteiger charge is 2.26. The van der Waals surface area contributed by atoms with Gasteiger partial charge in [0, 0.05) is 19.3 Å². The summed E-state index contributed by atoms with van der Waals surface area (Å²) in [7, 11) is 2.03. The topological polar surface area (TPSA) is 3.24 Å². The fraction of sp³-hybridized carbons (Fsp3) is 0.500. The summed E-state index contributed by atoms with van der Waals surface area (Å²) in [6.45, 7) is 5.49. The molecule has 1 nitrogen and oxygen atoms in total. The predicted molar refractivity (Wildman–Crippen MR) is 82.6 cm³/mol. The lowest BCUT2D eigenvalue weighted by Crippen LogP contribution is -2.29. The third-order valence-corrected chi connectivity index (χ3v) is 3.92. The van der Waals surface area contributed by atoms with E-state index in [1.165, 1.54) is 30.9 Å². The van der Waals surface area contributed by atoms with Crippen molar-refractivity contribution in [3.63, 3.8) is 0 Å². The number of benzene rings is 1. The zero-order chi connectivity index (χ0) is 13.2. The van der Waals surface area contributed by atoms with Crippen molar-refractivity contribution in [3.05, 3.63) is 41.7 Å². The summed E-state index contributed by atoms with van der Waals surface area (Å²) in [4.78, 5) is 2.13. The van der Waals surface area contributed by atoms with E-state index in [0.29, 0.717) is 0 Å². The van der Waals surface area contributed by atoms with Gasteiger partial charge in [-0.1, -0.05) is 26.0 Å². The summed E-state index contributed by atoms with van der Waals surface area (Å²) in [6.07, 6.45) is 6.06. The van der Waals surface area contributed by atoms with Gasteiger partial charge in [-0.15, -0.1) is 12.4 Å². The highest BCUT2D eigenvalue weighted by molar-refractivity contribution is 5.85. The Kier molecular flexibility index (Phi) is 5.42. The van der Waals surface area contributed by atoms with Gasteiger partial charge in [-0.05, 0) is 48.4 Å². The number of halogens is 2. The van der Waals surface area contributed by atoms with Crippen LogP contribution in [0.15, 0.2) is 35.9 Å². The van der Waals surface area contributed by atoms with Crippen LogP contribution in [0.5, 0.6) is 0 Å².